The highest BCUT2D eigenvalue weighted by atomic mass is 19.3. The second-order valence-corrected chi connectivity index (χ2v) is 4.95. The third kappa shape index (κ3) is 4.84. The van der Waals surface area contributed by atoms with E-state index >= 15 is 0 Å². The summed E-state index contributed by atoms with van der Waals surface area (Å²) in [5, 5.41) is 13.4. The Morgan fingerprint density at radius 2 is 1.96 bits per heavy atom. The van der Waals surface area contributed by atoms with E-state index in [0.29, 0.717) is 16.8 Å². The van der Waals surface area contributed by atoms with Crippen molar-refractivity contribution in [3.63, 3.8) is 0 Å². The van der Waals surface area contributed by atoms with Gasteiger partial charge in [-0.25, -0.2) is 0 Å². The van der Waals surface area contributed by atoms with Gasteiger partial charge < -0.3 is 10.1 Å². The molecule has 25 heavy (non-hydrogen) atoms. The van der Waals surface area contributed by atoms with Crippen LogP contribution in [0.4, 0.5) is 20.2 Å². The summed E-state index contributed by atoms with van der Waals surface area (Å²) in [4.78, 5) is 22.4. The fourth-order valence-corrected chi connectivity index (χ4v) is 2.12. The molecule has 0 unspecified atom stereocenters. The van der Waals surface area contributed by atoms with Crippen LogP contribution in [-0.2, 0) is 4.79 Å². The predicted molar refractivity (Wildman–Crippen MR) is 88.6 cm³/mol. The van der Waals surface area contributed by atoms with Crippen LogP contribution in [0.15, 0.2) is 48.5 Å². The number of hydrogen-bond donors (Lipinski definition) is 1. The molecule has 0 saturated carbocycles. The van der Waals surface area contributed by atoms with E-state index in [2.05, 4.69) is 10.1 Å². The van der Waals surface area contributed by atoms with E-state index < -0.39 is 17.4 Å². The number of anilines is 1. The molecular formula is C17H14F2N2O4. The smallest absolute Gasteiger partial charge is 0.387 e. The number of halogens is 2. The van der Waals surface area contributed by atoms with Crippen LogP contribution < -0.4 is 10.1 Å². The van der Waals surface area contributed by atoms with Crippen molar-refractivity contribution in [3.05, 3.63) is 69.8 Å². The number of carbonyl (C=O) groups excluding carboxylic acids is 1. The van der Waals surface area contributed by atoms with Crippen molar-refractivity contribution in [2.24, 2.45) is 0 Å². The van der Waals surface area contributed by atoms with Gasteiger partial charge in [0.2, 0.25) is 5.91 Å². The molecule has 0 aliphatic rings. The molecule has 0 aromatic heterocycles. The number of alkyl halides is 2. The quantitative estimate of drug-likeness (QED) is 0.483. The Bertz CT molecular complexity index is 822. The van der Waals surface area contributed by atoms with Crippen molar-refractivity contribution >= 4 is 23.4 Å². The van der Waals surface area contributed by atoms with E-state index in [1.54, 1.807) is 6.07 Å². The molecule has 0 spiro atoms. The fourth-order valence-electron chi connectivity index (χ4n) is 2.12. The molecule has 1 amide bonds. The number of nitrogens with one attached hydrogen (secondary N) is 1. The number of nitro groups is 1. The predicted octanol–water partition coefficient (Wildman–Crippen LogP) is 4.16. The SMILES string of the molecule is Cc1c(NC(=O)/C=C/c2ccccc2OC(F)F)cccc1[N+](=O)[O-]. The van der Waals surface area contributed by atoms with Crippen LogP contribution in [0.3, 0.4) is 0 Å². The van der Waals surface area contributed by atoms with Gasteiger partial charge in [-0.05, 0) is 25.1 Å². The van der Waals surface area contributed by atoms with Crippen LogP contribution >= 0.6 is 0 Å². The standard InChI is InChI=1S/C17H14F2N2O4/c1-11-13(6-4-7-14(11)21(23)24)20-16(22)10-9-12-5-2-3-8-15(12)25-17(18)19/h2-10,17H,1H3,(H,20,22)/b10-9+. The highest BCUT2D eigenvalue weighted by molar-refractivity contribution is 6.02. The average Bonchev–Trinajstić information content (AvgIpc) is 2.55. The van der Waals surface area contributed by atoms with Gasteiger partial charge >= 0.3 is 6.61 Å². The molecule has 0 saturated heterocycles. The van der Waals surface area contributed by atoms with E-state index in [1.807, 2.05) is 0 Å². The van der Waals surface area contributed by atoms with E-state index in [0.717, 1.165) is 6.08 Å². The number of rotatable bonds is 6. The first-order chi connectivity index (χ1) is 11.9. The van der Waals surface area contributed by atoms with E-state index in [4.69, 9.17) is 0 Å². The molecule has 0 atom stereocenters. The number of benzene rings is 2. The van der Waals surface area contributed by atoms with Gasteiger partial charge in [-0.3, -0.25) is 14.9 Å². The van der Waals surface area contributed by atoms with Gasteiger partial charge in [0, 0.05) is 17.7 Å². The molecule has 1 N–H and O–H groups in total. The zero-order chi connectivity index (χ0) is 18.4. The van der Waals surface area contributed by atoms with Crippen molar-refractivity contribution < 1.29 is 23.2 Å². The lowest BCUT2D eigenvalue weighted by atomic mass is 10.1. The minimum atomic E-state index is -2.98. The number of nitro benzene ring substituents is 1. The normalized spacial score (nSPS) is 10.9. The number of ether oxygens (including phenoxy) is 1. The zero-order valence-electron chi connectivity index (χ0n) is 13.1. The van der Waals surface area contributed by atoms with Gasteiger partial charge in [-0.2, -0.15) is 8.78 Å². The summed E-state index contributed by atoms with van der Waals surface area (Å²) in [6.07, 6.45) is 2.45. The highest BCUT2D eigenvalue weighted by Crippen LogP contribution is 2.25. The Labute approximate surface area is 141 Å². The third-order valence-electron chi connectivity index (χ3n) is 3.31. The Morgan fingerprint density at radius 1 is 1.24 bits per heavy atom. The zero-order valence-corrected chi connectivity index (χ0v) is 13.1. The molecule has 0 bridgehead atoms. The molecule has 8 heteroatoms. The van der Waals surface area contributed by atoms with Gasteiger partial charge in [0.1, 0.15) is 5.75 Å². The monoisotopic (exact) mass is 348 g/mol. The van der Waals surface area contributed by atoms with Crippen molar-refractivity contribution in [2.45, 2.75) is 13.5 Å². The van der Waals surface area contributed by atoms with Gasteiger partial charge in [0.25, 0.3) is 5.69 Å². The van der Waals surface area contributed by atoms with Crippen LogP contribution in [0.25, 0.3) is 6.08 Å². The minimum absolute atomic E-state index is 0.0620. The van der Waals surface area contributed by atoms with E-state index in [-0.39, 0.29) is 11.4 Å². The molecule has 6 nitrogen and oxygen atoms in total. The summed E-state index contributed by atoms with van der Waals surface area (Å²) in [6, 6.07) is 10.3. The van der Waals surface area contributed by atoms with Crippen LogP contribution in [0, 0.1) is 17.0 Å². The van der Waals surface area contributed by atoms with Crippen LogP contribution in [0.5, 0.6) is 5.75 Å². The molecule has 2 aromatic carbocycles. The van der Waals surface area contributed by atoms with Gasteiger partial charge in [0.15, 0.2) is 0 Å². The Hall–Kier alpha value is -3.29. The molecule has 0 aliphatic carbocycles. The minimum Gasteiger partial charge on any atom is -0.434 e. The highest BCUT2D eigenvalue weighted by Gasteiger charge is 2.14. The first-order valence-corrected chi connectivity index (χ1v) is 7.15. The lowest BCUT2D eigenvalue weighted by Gasteiger charge is -2.08. The molecule has 2 aromatic rings. The summed E-state index contributed by atoms with van der Waals surface area (Å²) in [7, 11) is 0. The van der Waals surface area contributed by atoms with Crippen LogP contribution in [0.2, 0.25) is 0 Å². The fraction of sp³-hybridized carbons (Fsp3) is 0.118. The van der Waals surface area contributed by atoms with Crippen LogP contribution in [0.1, 0.15) is 11.1 Å². The Balaban J connectivity index is 2.15. The Kier molecular flexibility index (Phi) is 5.78. The van der Waals surface area contributed by atoms with Gasteiger partial charge in [0.05, 0.1) is 16.2 Å². The largest absolute Gasteiger partial charge is 0.434 e. The topological polar surface area (TPSA) is 81.5 Å². The van der Waals surface area contributed by atoms with Gasteiger partial charge in [-0.15, -0.1) is 0 Å². The Morgan fingerprint density at radius 3 is 2.64 bits per heavy atom. The molecule has 0 radical (unpaired) electrons. The van der Waals surface area contributed by atoms with Crippen molar-refractivity contribution in [2.75, 3.05) is 5.32 Å². The number of hydrogen-bond acceptors (Lipinski definition) is 4. The third-order valence-corrected chi connectivity index (χ3v) is 3.31. The van der Waals surface area contributed by atoms with E-state index in [1.165, 1.54) is 49.4 Å². The molecular weight excluding hydrogens is 334 g/mol. The number of amides is 1. The molecule has 0 aliphatic heterocycles. The number of para-hydroxylation sites is 1. The second-order valence-electron chi connectivity index (χ2n) is 4.95. The van der Waals surface area contributed by atoms with Crippen LogP contribution in [-0.4, -0.2) is 17.4 Å². The average molecular weight is 348 g/mol. The number of nitrogens with zero attached hydrogens (tertiary/aromatic N) is 1. The maximum absolute atomic E-state index is 12.4. The lowest BCUT2D eigenvalue weighted by Crippen LogP contribution is -2.09. The molecule has 0 heterocycles. The second kappa shape index (κ2) is 8.00. The first kappa shape index (κ1) is 18.1. The summed E-state index contributed by atoms with van der Waals surface area (Å²) >= 11 is 0. The van der Waals surface area contributed by atoms with Crippen molar-refractivity contribution in [1.82, 2.24) is 0 Å². The maximum atomic E-state index is 12.4. The van der Waals surface area contributed by atoms with Crippen molar-refractivity contribution in [3.8, 4) is 5.75 Å². The van der Waals surface area contributed by atoms with Gasteiger partial charge in [-0.1, -0.05) is 24.3 Å². The molecule has 2 rings (SSSR count). The summed E-state index contributed by atoms with van der Waals surface area (Å²) < 4.78 is 29.1. The van der Waals surface area contributed by atoms with E-state index in [9.17, 15) is 23.7 Å². The molecule has 130 valence electrons. The maximum Gasteiger partial charge on any atom is 0.387 e. The molecule has 0 fully saturated rings. The number of carbonyl (C=O) groups is 1. The summed E-state index contributed by atoms with van der Waals surface area (Å²) in [6.45, 7) is -1.46. The lowest BCUT2D eigenvalue weighted by molar-refractivity contribution is -0.385. The van der Waals surface area contributed by atoms with Crippen molar-refractivity contribution in [1.29, 1.82) is 0 Å². The summed E-state index contributed by atoms with van der Waals surface area (Å²) in [5.74, 6) is -0.622. The first-order valence-electron chi connectivity index (χ1n) is 7.15. The summed E-state index contributed by atoms with van der Waals surface area (Å²) in [5.41, 5.74) is 0.794.